The topological polar surface area (TPSA) is 77.1 Å². The minimum atomic E-state index is -1.26. The Morgan fingerprint density at radius 2 is 2.18 bits per heavy atom. The minimum Gasteiger partial charge on any atom is -0.477 e. The predicted octanol–water partition coefficient (Wildman–Crippen LogP) is 1.04. The first-order valence-electron chi connectivity index (χ1n) is 4.67. The van der Waals surface area contributed by atoms with Crippen LogP contribution in [-0.4, -0.2) is 24.7 Å². The molecule has 0 saturated carbocycles. The van der Waals surface area contributed by atoms with Gasteiger partial charge in [-0.05, 0) is 19.1 Å². The van der Waals surface area contributed by atoms with Gasteiger partial charge in [-0.3, -0.25) is 4.79 Å². The number of aromatic nitrogens is 3. The summed E-state index contributed by atoms with van der Waals surface area (Å²) >= 11 is 5.64. The zero-order chi connectivity index (χ0) is 12.6. The normalized spacial score (nSPS) is 10.5. The Kier molecular flexibility index (Phi) is 2.72. The SMILES string of the molecule is Cc1cn(-c2ccc(C(=O)O)n(Cl)c2=O)cn1. The smallest absolute Gasteiger partial charge is 0.353 e. The van der Waals surface area contributed by atoms with Crippen LogP contribution in [0, 0.1) is 6.92 Å². The van der Waals surface area contributed by atoms with Gasteiger partial charge in [0.15, 0.2) is 0 Å². The maximum Gasteiger partial charge on any atom is 0.353 e. The lowest BCUT2D eigenvalue weighted by atomic mass is 10.3. The van der Waals surface area contributed by atoms with Gasteiger partial charge in [-0.1, -0.05) is 0 Å². The van der Waals surface area contributed by atoms with Crippen molar-refractivity contribution in [2.45, 2.75) is 6.92 Å². The van der Waals surface area contributed by atoms with Gasteiger partial charge in [-0.25, -0.2) is 13.9 Å². The first kappa shape index (κ1) is 11.4. The van der Waals surface area contributed by atoms with E-state index in [0.29, 0.717) is 4.09 Å². The quantitative estimate of drug-likeness (QED) is 0.868. The summed E-state index contributed by atoms with van der Waals surface area (Å²) in [5.74, 6) is -1.26. The van der Waals surface area contributed by atoms with E-state index in [4.69, 9.17) is 16.9 Å². The second-order valence-corrected chi connectivity index (χ2v) is 3.76. The Bertz CT molecular complexity index is 644. The fourth-order valence-corrected chi connectivity index (χ4v) is 1.62. The molecule has 0 atom stereocenters. The molecule has 0 aliphatic carbocycles. The number of aryl methyl sites for hydroxylation is 1. The predicted molar refractivity (Wildman–Crippen MR) is 60.8 cm³/mol. The number of rotatable bonds is 2. The maximum absolute atomic E-state index is 11.8. The fraction of sp³-hybridized carbons (Fsp3) is 0.100. The van der Waals surface area contributed by atoms with Crippen molar-refractivity contribution in [3.63, 3.8) is 0 Å². The number of pyridine rings is 1. The summed E-state index contributed by atoms with van der Waals surface area (Å²) in [6.07, 6.45) is 3.11. The number of carbonyl (C=O) groups is 1. The average Bonchev–Trinajstić information content (AvgIpc) is 2.68. The molecule has 0 amide bonds. The number of halogens is 1. The molecular formula is C10H8ClN3O3. The van der Waals surface area contributed by atoms with Crippen molar-refractivity contribution in [1.29, 1.82) is 0 Å². The van der Waals surface area contributed by atoms with E-state index in [1.807, 2.05) is 0 Å². The van der Waals surface area contributed by atoms with Gasteiger partial charge in [0.25, 0.3) is 5.56 Å². The fourth-order valence-electron chi connectivity index (χ4n) is 1.41. The zero-order valence-electron chi connectivity index (χ0n) is 8.79. The van der Waals surface area contributed by atoms with Crippen molar-refractivity contribution in [2.24, 2.45) is 0 Å². The van der Waals surface area contributed by atoms with E-state index < -0.39 is 11.5 Å². The summed E-state index contributed by atoms with van der Waals surface area (Å²) in [5.41, 5.74) is 0.0969. The van der Waals surface area contributed by atoms with Gasteiger partial charge in [-0.15, -0.1) is 0 Å². The molecule has 0 bridgehead atoms. The van der Waals surface area contributed by atoms with E-state index in [1.54, 1.807) is 13.1 Å². The minimum absolute atomic E-state index is 0.241. The van der Waals surface area contributed by atoms with Crippen LogP contribution >= 0.6 is 11.8 Å². The summed E-state index contributed by atoms with van der Waals surface area (Å²) in [7, 11) is 0. The number of hydrogen-bond donors (Lipinski definition) is 1. The lowest BCUT2D eigenvalue weighted by molar-refractivity contribution is 0.0688. The van der Waals surface area contributed by atoms with Crippen molar-refractivity contribution in [3.05, 3.63) is 46.4 Å². The third kappa shape index (κ3) is 1.94. The van der Waals surface area contributed by atoms with Crippen molar-refractivity contribution >= 4 is 17.7 Å². The van der Waals surface area contributed by atoms with E-state index in [1.165, 1.54) is 23.0 Å². The van der Waals surface area contributed by atoms with E-state index in [0.717, 1.165) is 5.69 Å². The third-order valence-corrected chi connectivity index (χ3v) is 2.55. The Labute approximate surface area is 101 Å². The molecule has 2 aromatic heterocycles. The van der Waals surface area contributed by atoms with Gasteiger partial charge in [0, 0.05) is 18.0 Å². The molecule has 17 heavy (non-hydrogen) atoms. The lowest BCUT2D eigenvalue weighted by Gasteiger charge is -2.05. The van der Waals surface area contributed by atoms with E-state index in [2.05, 4.69) is 4.98 Å². The summed E-state index contributed by atoms with van der Waals surface area (Å²) < 4.78 is 2.06. The standard InChI is InChI=1S/C10H8ClN3O3/c1-6-4-13(5-12-6)7-2-3-8(10(16)17)14(11)9(7)15/h2-5H,1H3,(H,16,17). The number of imidazole rings is 1. The molecule has 0 unspecified atom stereocenters. The molecule has 0 aliphatic rings. The van der Waals surface area contributed by atoms with Crippen molar-refractivity contribution in [3.8, 4) is 5.69 Å². The van der Waals surface area contributed by atoms with Gasteiger partial charge in [-0.2, -0.15) is 0 Å². The molecule has 7 heteroatoms. The van der Waals surface area contributed by atoms with Crippen molar-refractivity contribution in [2.75, 3.05) is 0 Å². The van der Waals surface area contributed by atoms with Crippen LogP contribution in [0.1, 0.15) is 16.2 Å². The number of carboxylic acid groups (broad SMARTS) is 1. The highest BCUT2D eigenvalue weighted by molar-refractivity contribution is 6.17. The highest BCUT2D eigenvalue weighted by atomic mass is 35.5. The zero-order valence-corrected chi connectivity index (χ0v) is 9.55. The molecule has 2 aromatic rings. The maximum atomic E-state index is 11.8. The number of nitrogens with zero attached hydrogens (tertiary/aromatic N) is 3. The van der Waals surface area contributed by atoms with Crippen molar-refractivity contribution in [1.82, 2.24) is 13.6 Å². The highest BCUT2D eigenvalue weighted by Crippen LogP contribution is 2.07. The summed E-state index contributed by atoms with van der Waals surface area (Å²) in [6, 6.07) is 2.66. The largest absolute Gasteiger partial charge is 0.477 e. The number of hydrogen-bond acceptors (Lipinski definition) is 3. The molecular weight excluding hydrogens is 246 g/mol. The van der Waals surface area contributed by atoms with Crippen LogP contribution < -0.4 is 5.56 Å². The van der Waals surface area contributed by atoms with Crippen LogP contribution in [0.3, 0.4) is 0 Å². The van der Waals surface area contributed by atoms with Crippen LogP contribution in [-0.2, 0) is 0 Å². The third-order valence-electron chi connectivity index (χ3n) is 2.22. The monoisotopic (exact) mass is 253 g/mol. The molecule has 0 radical (unpaired) electrons. The van der Waals surface area contributed by atoms with Crippen LogP contribution in [0.2, 0.25) is 0 Å². The molecule has 0 spiro atoms. The van der Waals surface area contributed by atoms with Gasteiger partial charge in [0.2, 0.25) is 0 Å². The second-order valence-electron chi connectivity index (χ2n) is 3.42. The van der Waals surface area contributed by atoms with E-state index in [-0.39, 0.29) is 11.4 Å². The first-order chi connectivity index (χ1) is 8.00. The second kappa shape index (κ2) is 4.06. The van der Waals surface area contributed by atoms with E-state index >= 15 is 0 Å². The van der Waals surface area contributed by atoms with Gasteiger partial charge in [0.05, 0.1) is 12.0 Å². The van der Waals surface area contributed by atoms with Gasteiger partial charge in [0.1, 0.15) is 11.4 Å². The van der Waals surface area contributed by atoms with Crippen LogP contribution in [0.15, 0.2) is 29.5 Å². The average molecular weight is 254 g/mol. The number of carboxylic acids is 1. The van der Waals surface area contributed by atoms with Crippen LogP contribution in [0.5, 0.6) is 0 Å². The Balaban J connectivity index is 2.63. The summed E-state index contributed by atoms with van der Waals surface area (Å²) in [6.45, 7) is 1.78. The molecule has 2 rings (SSSR count). The Morgan fingerprint density at radius 3 is 2.71 bits per heavy atom. The molecule has 6 nitrogen and oxygen atoms in total. The Morgan fingerprint density at radius 1 is 1.47 bits per heavy atom. The molecule has 0 saturated heterocycles. The number of aromatic carboxylic acids is 1. The van der Waals surface area contributed by atoms with Gasteiger partial charge < -0.3 is 9.67 Å². The van der Waals surface area contributed by atoms with Crippen LogP contribution in [0.25, 0.3) is 5.69 Å². The van der Waals surface area contributed by atoms with E-state index in [9.17, 15) is 9.59 Å². The molecule has 2 heterocycles. The highest BCUT2D eigenvalue weighted by Gasteiger charge is 2.13. The molecule has 0 fully saturated rings. The first-order valence-corrected chi connectivity index (χ1v) is 5.01. The van der Waals surface area contributed by atoms with Crippen molar-refractivity contribution < 1.29 is 9.90 Å². The molecule has 1 N–H and O–H groups in total. The molecule has 88 valence electrons. The van der Waals surface area contributed by atoms with Crippen LogP contribution in [0.4, 0.5) is 0 Å². The Hall–Kier alpha value is -2.08. The molecule has 0 aliphatic heterocycles. The van der Waals surface area contributed by atoms with Gasteiger partial charge >= 0.3 is 5.97 Å². The lowest BCUT2D eigenvalue weighted by Crippen LogP contribution is -2.23. The summed E-state index contributed by atoms with van der Waals surface area (Å²) in [4.78, 5) is 26.6. The molecule has 0 aromatic carbocycles. The summed E-state index contributed by atoms with van der Waals surface area (Å²) in [5, 5.41) is 8.79.